The van der Waals surface area contributed by atoms with Gasteiger partial charge in [-0.15, -0.1) is 0 Å². The van der Waals surface area contributed by atoms with E-state index in [1.54, 1.807) is 32.4 Å². The Kier molecular flexibility index (Phi) is 5.11. The Morgan fingerprint density at radius 1 is 1.18 bits per heavy atom. The number of benzene rings is 1. The van der Waals surface area contributed by atoms with Crippen molar-refractivity contribution in [1.82, 2.24) is 0 Å². The van der Waals surface area contributed by atoms with Gasteiger partial charge in [0.25, 0.3) is 0 Å². The van der Waals surface area contributed by atoms with E-state index in [1.807, 2.05) is 6.07 Å². The quantitative estimate of drug-likeness (QED) is 0.806. The summed E-state index contributed by atoms with van der Waals surface area (Å²) >= 11 is 0. The summed E-state index contributed by atoms with van der Waals surface area (Å²) in [6, 6.07) is 6.71. The summed E-state index contributed by atoms with van der Waals surface area (Å²) < 4.78 is 15.7. The number of methoxy groups -OCH3 is 2. The summed E-state index contributed by atoms with van der Waals surface area (Å²) in [6.07, 6.45) is 0.482. The van der Waals surface area contributed by atoms with Crippen LogP contribution in [0.5, 0.6) is 17.2 Å². The molecule has 1 aromatic rings. The van der Waals surface area contributed by atoms with Gasteiger partial charge in [0, 0.05) is 24.6 Å². The second-order valence-electron chi connectivity index (χ2n) is 3.42. The lowest BCUT2D eigenvalue weighted by atomic mass is 10.2. The minimum Gasteiger partial charge on any atom is -0.496 e. The summed E-state index contributed by atoms with van der Waals surface area (Å²) in [5.74, 6) is 1.94. The van der Waals surface area contributed by atoms with Crippen molar-refractivity contribution in [3.8, 4) is 23.3 Å². The van der Waals surface area contributed by atoms with E-state index in [9.17, 15) is 0 Å². The topological polar surface area (TPSA) is 77.5 Å². The number of hydrogen-bond donors (Lipinski definition) is 1. The second kappa shape index (κ2) is 6.61. The van der Waals surface area contributed by atoms with Crippen LogP contribution in [-0.4, -0.2) is 26.9 Å². The van der Waals surface area contributed by atoms with Crippen LogP contribution in [0.1, 0.15) is 6.42 Å². The monoisotopic (exact) mass is 236 g/mol. The van der Waals surface area contributed by atoms with E-state index >= 15 is 0 Å². The number of rotatable bonds is 6. The molecule has 17 heavy (non-hydrogen) atoms. The third-order valence-corrected chi connectivity index (χ3v) is 2.19. The van der Waals surface area contributed by atoms with Gasteiger partial charge in [0.1, 0.15) is 17.2 Å². The molecule has 0 aliphatic rings. The molecule has 0 aromatic heterocycles. The first-order chi connectivity index (χ1) is 8.19. The van der Waals surface area contributed by atoms with Crippen LogP contribution in [0, 0.1) is 11.3 Å². The molecule has 1 aromatic carbocycles. The number of nitriles is 1. The Hall–Kier alpha value is -1.93. The molecule has 5 nitrogen and oxygen atoms in total. The summed E-state index contributed by atoms with van der Waals surface area (Å²) in [5.41, 5.74) is 5.46. The summed E-state index contributed by atoms with van der Waals surface area (Å²) in [6.45, 7) is 0.380. The molecular weight excluding hydrogens is 220 g/mol. The second-order valence-corrected chi connectivity index (χ2v) is 3.42. The molecule has 0 spiro atoms. The Morgan fingerprint density at radius 2 is 1.71 bits per heavy atom. The van der Waals surface area contributed by atoms with Crippen molar-refractivity contribution in [2.75, 3.05) is 20.8 Å². The molecule has 0 amide bonds. The molecule has 1 unspecified atom stereocenters. The molecule has 1 rings (SSSR count). The number of nitrogens with zero attached hydrogens (tertiary/aromatic N) is 1. The zero-order valence-electron chi connectivity index (χ0n) is 9.97. The standard InChI is InChI=1S/C12H16N2O3/c1-15-10-5-11(16-2)7-12(6-10)17-4-3-9(14)8-13/h5-7,9H,3-4,14H2,1-2H3. The Balaban J connectivity index is 2.61. The Bertz CT molecular complexity index is 379. The van der Waals surface area contributed by atoms with Gasteiger partial charge < -0.3 is 19.9 Å². The Morgan fingerprint density at radius 3 is 2.18 bits per heavy atom. The smallest absolute Gasteiger partial charge is 0.126 e. The van der Waals surface area contributed by atoms with Crippen molar-refractivity contribution >= 4 is 0 Å². The van der Waals surface area contributed by atoms with Gasteiger partial charge in [-0.05, 0) is 0 Å². The third kappa shape index (κ3) is 4.21. The molecule has 0 aliphatic heterocycles. The van der Waals surface area contributed by atoms with Gasteiger partial charge >= 0.3 is 0 Å². The molecule has 0 saturated heterocycles. The van der Waals surface area contributed by atoms with Gasteiger partial charge in [-0.2, -0.15) is 5.26 Å². The van der Waals surface area contributed by atoms with E-state index in [1.165, 1.54) is 0 Å². The zero-order chi connectivity index (χ0) is 12.7. The number of nitrogens with two attached hydrogens (primary N) is 1. The predicted molar refractivity (Wildman–Crippen MR) is 63.2 cm³/mol. The lowest BCUT2D eigenvalue weighted by Gasteiger charge is -2.10. The minimum absolute atomic E-state index is 0.380. The largest absolute Gasteiger partial charge is 0.496 e. The van der Waals surface area contributed by atoms with Crippen LogP contribution in [0.2, 0.25) is 0 Å². The van der Waals surface area contributed by atoms with E-state index in [0.717, 1.165) is 0 Å². The van der Waals surface area contributed by atoms with Crippen LogP contribution >= 0.6 is 0 Å². The molecule has 0 aliphatic carbocycles. The molecular formula is C12H16N2O3. The van der Waals surface area contributed by atoms with E-state index in [-0.39, 0.29) is 0 Å². The van der Waals surface area contributed by atoms with Gasteiger partial charge in [-0.1, -0.05) is 0 Å². The highest BCUT2D eigenvalue weighted by atomic mass is 16.5. The first-order valence-corrected chi connectivity index (χ1v) is 5.20. The normalized spacial score (nSPS) is 11.4. The van der Waals surface area contributed by atoms with Crippen LogP contribution in [-0.2, 0) is 0 Å². The van der Waals surface area contributed by atoms with E-state index in [4.69, 9.17) is 25.2 Å². The first-order valence-electron chi connectivity index (χ1n) is 5.20. The van der Waals surface area contributed by atoms with Gasteiger partial charge in [0.05, 0.1) is 32.9 Å². The van der Waals surface area contributed by atoms with Crippen molar-refractivity contribution in [1.29, 1.82) is 5.26 Å². The molecule has 0 radical (unpaired) electrons. The fourth-order valence-electron chi connectivity index (χ4n) is 1.23. The van der Waals surface area contributed by atoms with Crippen molar-refractivity contribution in [3.63, 3.8) is 0 Å². The van der Waals surface area contributed by atoms with Crippen LogP contribution < -0.4 is 19.9 Å². The van der Waals surface area contributed by atoms with E-state index < -0.39 is 6.04 Å². The highest BCUT2D eigenvalue weighted by Crippen LogP contribution is 2.27. The third-order valence-electron chi connectivity index (χ3n) is 2.19. The minimum atomic E-state index is -0.498. The highest BCUT2D eigenvalue weighted by molar-refractivity contribution is 5.41. The van der Waals surface area contributed by atoms with Crippen molar-refractivity contribution < 1.29 is 14.2 Å². The highest BCUT2D eigenvalue weighted by Gasteiger charge is 2.04. The SMILES string of the molecule is COc1cc(OC)cc(OCCC(N)C#N)c1. The maximum absolute atomic E-state index is 8.53. The summed E-state index contributed by atoms with van der Waals surface area (Å²) in [4.78, 5) is 0. The maximum atomic E-state index is 8.53. The molecule has 2 N–H and O–H groups in total. The van der Waals surface area contributed by atoms with Gasteiger partial charge in [0.15, 0.2) is 0 Å². The molecule has 5 heteroatoms. The first kappa shape index (κ1) is 13.1. The van der Waals surface area contributed by atoms with Crippen LogP contribution in [0.3, 0.4) is 0 Å². The molecule has 0 bridgehead atoms. The Labute approximate surface area is 101 Å². The summed E-state index contributed by atoms with van der Waals surface area (Å²) in [5, 5.41) is 8.53. The average Bonchev–Trinajstić information content (AvgIpc) is 2.37. The molecule has 1 atom stereocenters. The summed E-state index contributed by atoms with van der Waals surface area (Å²) in [7, 11) is 3.15. The zero-order valence-corrected chi connectivity index (χ0v) is 9.97. The van der Waals surface area contributed by atoms with Crippen molar-refractivity contribution in [2.24, 2.45) is 5.73 Å². The number of ether oxygens (including phenoxy) is 3. The molecule has 0 fully saturated rings. The van der Waals surface area contributed by atoms with Crippen molar-refractivity contribution in [2.45, 2.75) is 12.5 Å². The van der Waals surface area contributed by atoms with Gasteiger partial charge in [0.2, 0.25) is 0 Å². The molecule has 0 saturated carbocycles. The van der Waals surface area contributed by atoms with Gasteiger partial charge in [-0.3, -0.25) is 0 Å². The van der Waals surface area contributed by atoms with Crippen LogP contribution in [0.15, 0.2) is 18.2 Å². The van der Waals surface area contributed by atoms with Crippen LogP contribution in [0.4, 0.5) is 0 Å². The molecule has 0 heterocycles. The van der Waals surface area contributed by atoms with Crippen LogP contribution in [0.25, 0.3) is 0 Å². The van der Waals surface area contributed by atoms with E-state index in [2.05, 4.69) is 0 Å². The fraction of sp³-hybridized carbons (Fsp3) is 0.417. The fourth-order valence-corrected chi connectivity index (χ4v) is 1.23. The maximum Gasteiger partial charge on any atom is 0.126 e. The van der Waals surface area contributed by atoms with Gasteiger partial charge in [-0.25, -0.2) is 0 Å². The lowest BCUT2D eigenvalue weighted by Crippen LogP contribution is -2.20. The van der Waals surface area contributed by atoms with E-state index in [0.29, 0.717) is 30.3 Å². The number of hydrogen-bond acceptors (Lipinski definition) is 5. The lowest BCUT2D eigenvalue weighted by molar-refractivity contribution is 0.301. The molecule has 92 valence electrons. The average molecular weight is 236 g/mol. The predicted octanol–water partition coefficient (Wildman–Crippen LogP) is 1.32. The van der Waals surface area contributed by atoms with Crippen molar-refractivity contribution in [3.05, 3.63) is 18.2 Å².